The largest absolute Gasteiger partial charge is 0.317 e. The topological polar surface area (TPSA) is 12.0 Å². The van der Waals surface area contributed by atoms with Crippen molar-refractivity contribution in [2.45, 2.75) is 66.7 Å². The van der Waals surface area contributed by atoms with E-state index >= 15 is 0 Å². The molecule has 0 heterocycles. The molecule has 0 bridgehead atoms. The molecule has 1 fully saturated rings. The lowest BCUT2D eigenvalue weighted by Crippen LogP contribution is -2.33. The fourth-order valence-corrected chi connectivity index (χ4v) is 3.87. The summed E-state index contributed by atoms with van der Waals surface area (Å²) in [4.78, 5) is 0. The second-order valence-electron chi connectivity index (χ2n) is 7.22. The summed E-state index contributed by atoms with van der Waals surface area (Å²) >= 11 is 0. The maximum absolute atomic E-state index is 3.58. The van der Waals surface area contributed by atoms with E-state index in [9.17, 15) is 0 Å². The van der Waals surface area contributed by atoms with Crippen LogP contribution in [0.1, 0.15) is 66.7 Å². The molecule has 0 amide bonds. The molecule has 1 aliphatic rings. The Morgan fingerprint density at radius 2 is 1.83 bits per heavy atom. The van der Waals surface area contributed by atoms with Gasteiger partial charge in [0.2, 0.25) is 0 Å². The summed E-state index contributed by atoms with van der Waals surface area (Å²) in [7, 11) is 0. The van der Waals surface area contributed by atoms with Gasteiger partial charge in [-0.25, -0.2) is 0 Å². The van der Waals surface area contributed by atoms with Crippen molar-refractivity contribution in [3.63, 3.8) is 0 Å². The van der Waals surface area contributed by atoms with Gasteiger partial charge in [0.1, 0.15) is 0 Å². The van der Waals surface area contributed by atoms with Crippen molar-refractivity contribution >= 4 is 0 Å². The summed E-state index contributed by atoms with van der Waals surface area (Å²) in [5, 5.41) is 3.58. The van der Waals surface area contributed by atoms with Gasteiger partial charge in [0.25, 0.3) is 0 Å². The van der Waals surface area contributed by atoms with Crippen LogP contribution < -0.4 is 5.32 Å². The molecule has 108 valence electrons. The molecule has 0 aromatic rings. The fraction of sp³-hybridized carbons (Fsp3) is 1.00. The van der Waals surface area contributed by atoms with Crippen LogP contribution in [0.2, 0.25) is 0 Å². The lowest BCUT2D eigenvalue weighted by atomic mass is 9.70. The van der Waals surface area contributed by atoms with Crippen LogP contribution in [0.4, 0.5) is 0 Å². The van der Waals surface area contributed by atoms with Gasteiger partial charge in [0, 0.05) is 0 Å². The van der Waals surface area contributed by atoms with E-state index in [0.717, 1.165) is 36.1 Å². The maximum atomic E-state index is 3.58. The van der Waals surface area contributed by atoms with Gasteiger partial charge in [-0.15, -0.1) is 0 Å². The maximum Gasteiger partial charge on any atom is -0.00180 e. The zero-order valence-electron chi connectivity index (χ0n) is 13.3. The highest BCUT2D eigenvalue weighted by atomic mass is 14.8. The minimum Gasteiger partial charge on any atom is -0.317 e. The predicted molar refractivity (Wildman–Crippen MR) is 81.8 cm³/mol. The fourth-order valence-electron chi connectivity index (χ4n) is 3.87. The van der Waals surface area contributed by atoms with Crippen molar-refractivity contribution in [3.8, 4) is 0 Å². The second kappa shape index (κ2) is 8.19. The molecular formula is C17H35N. The van der Waals surface area contributed by atoms with Crippen molar-refractivity contribution in [3.05, 3.63) is 0 Å². The normalized spacial score (nSPS) is 30.7. The molecule has 4 atom stereocenters. The van der Waals surface area contributed by atoms with Crippen LogP contribution in [-0.2, 0) is 0 Å². The van der Waals surface area contributed by atoms with E-state index in [1.54, 1.807) is 0 Å². The third kappa shape index (κ3) is 5.73. The monoisotopic (exact) mass is 253 g/mol. The number of hydrogen-bond donors (Lipinski definition) is 1. The van der Waals surface area contributed by atoms with Crippen molar-refractivity contribution in [2.75, 3.05) is 13.1 Å². The zero-order valence-corrected chi connectivity index (χ0v) is 13.3. The number of rotatable bonds is 7. The molecule has 0 aromatic heterocycles. The van der Waals surface area contributed by atoms with Crippen molar-refractivity contribution < 1.29 is 0 Å². The Kier molecular flexibility index (Phi) is 7.29. The van der Waals surface area contributed by atoms with Crippen molar-refractivity contribution in [2.24, 2.45) is 29.6 Å². The molecule has 0 aromatic carbocycles. The molecule has 4 unspecified atom stereocenters. The Morgan fingerprint density at radius 3 is 2.44 bits per heavy atom. The van der Waals surface area contributed by atoms with E-state index in [4.69, 9.17) is 0 Å². The minimum atomic E-state index is 0.855. The molecule has 0 radical (unpaired) electrons. The van der Waals surface area contributed by atoms with Crippen LogP contribution in [0.15, 0.2) is 0 Å². The number of nitrogens with one attached hydrogen (secondary N) is 1. The van der Waals surface area contributed by atoms with Crippen LogP contribution in [0.5, 0.6) is 0 Å². The standard InChI is InChI=1S/C17H35N/c1-6-18-12-16-8-7-14(4)10-17(16)11-15(5)9-13(2)3/h13-18H,6-12H2,1-5H3. The Morgan fingerprint density at radius 1 is 1.11 bits per heavy atom. The average molecular weight is 253 g/mol. The summed E-state index contributed by atoms with van der Waals surface area (Å²) in [5.74, 6) is 4.63. The van der Waals surface area contributed by atoms with E-state index in [0.29, 0.717) is 0 Å². The predicted octanol–water partition coefficient (Wildman–Crippen LogP) is 4.72. The first-order valence-electron chi connectivity index (χ1n) is 8.23. The molecule has 1 aliphatic carbocycles. The molecule has 0 aliphatic heterocycles. The van der Waals surface area contributed by atoms with E-state index in [-0.39, 0.29) is 0 Å². The first kappa shape index (κ1) is 16.0. The Hall–Kier alpha value is -0.0400. The quantitative estimate of drug-likeness (QED) is 0.692. The van der Waals surface area contributed by atoms with E-state index < -0.39 is 0 Å². The van der Waals surface area contributed by atoms with E-state index in [1.807, 2.05) is 0 Å². The second-order valence-corrected chi connectivity index (χ2v) is 7.22. The van der Waals surface area contributed by atoms with E-state index in [2.05, 4.69) is 39.9 Å². The highest BCUT2D eigenvalue weighted by molar-refractivity contribution is 4.81. The van der Waals surface area contributed by atoms with Crippen LogP contribution in [0, 0.1) is 29.6 Å². The summed E-state index contributed by atoms with van der Waals surface area (Å²) in [5.41, 5.74) is 0. The Bertz CT molecular complexity index is 210. The lowest BCUT2D eigenvalue weighted by molar-refractivity contribution is 0.153. The van der Waals surface area contributed by atoms with Crippen LogP contribution >= 0.6 is 0 Å². The summed E-state index contributed by atoms with van der Waals surface area (Å²) in [6.45, 7) is 14.2. The van der Waals surface area contributed by atoms with Crippen molar-refractivity contribution in [1.82, 2.24) is 5.32 Å². The van der Waals surface area contributed by atoms with Gasteiger partial charge in [0.05, 0.1) is 0 Å². The van der Waals surface area contributed by atoms with Crippen molar-refractivity contribution in [1.29, 1.82) is 0 Å². The van der Waals surface area contributed by atoms with Gasteiger partial charge < -0.3 is 5.32 Å². The number of hydrogen-bond acceptors (Lipinski definition) is 1. The molecular weight excluding hydrogens is 218 g/mol. The lowest BCUT2D eigenvalue weighted by Gasteiger charge is -2.37. The van der Waals surface area contributed by atoms with Gasteiger partial charge in [0.15, 0.2) is 0 Å². The molecule has 0 saturated heterocycles. The third-order valence-electron chi connectivity index (χ3n) is 4.64. The smallest absolute Gasteiger partial charge is 0.00180 e. The Labute approximate surface area is 115 Å². The summed E-state index contributed by atoms with van der Waals surface area (Å²) in [6.07, 6.45) is 7.23. The van der Waals surface area contributed by atoms with Gasteiger partial charge in [-0.3, -0.25) is 0 Å². The summed E-state index contributed by atoms with van der Waals surface area (Å²) in [6, 6.07) is 0. The molecule has 1 rings (SSSR count). The highest BCUT2D eigenvalue weighted by Gasteiger charge is 2.29. The minimum absolute atomic E-state index is 0.855. The van der Waals surface area contributed by atoms with Gasteiger partial charge >= 0.3 is 0 Å². The molecule has 18 heavy (non-hydrogen) atoms. The molecule has 1 N–H and O–H groups in total. The molecule has 1 heteroatoms. The first-order chi connectivity index (χ1) is 8.52. The highest BCUT2D eigenvalue weighted by Crippen LogP contribution is 2.38. The molecule has 0 spiro atoms. The van der Waals surface area contributed by atoms with Crippen LogP contribution in [0.3, 0.4) is 0 Å². The molecule has 1 nitrogen and oxygen atoms in total. The van der Waals surface area contributed by atoms with E-state index in [1.165, 1.54) is 38.6 Å². The summed E-state index contributed by atoms with van der Waals surface area (Å²) < 4.78 is 0. The molecule has 1 saturated carbocycles. The van der Waals surface area contributed by atoms with Crippen LogP contribution in [-0.4, -0.2) is 13.1 Å². The average Bonchev–Trinajstić information content (AvgIpc) is 2.26. The zero-order chi connectivity index (χ0) is 13.5. The van der Waals surface area contributed by atoms with Gasteiger partial charge in [-0.1, -0.05) is 41.0 Å². The first-order valence-corrected chi connectivity index (χ1v) is 8.23. The third-order valence-corrected chi connectivity index (χ3v) is 4.64. The Balaban J connectivity index is 2.45. The van der Waals surface area contributed by atoms with Gasteiger partial charge in [-0.2, -0.15) is 0 Å². The van der Waals surface area contributed by atoms with Crippen LogP contribution in [0.25, 0.3) is 0 Å². The SMILES string of the molecule is CCNCC1CCC(C)CC1CC(C)CC(C)C. The van der Waals surface area contributed by atoms with Gasteiger partial charge in [-0.05, 0) is 68.4 Å².